The van der Waals surface area contributed by atoms with E-state index < -0.39 is 26.6 Å². The molecule has 1 aromatic rings. The number of amides is 1. The standard InChI is InChI=1S/C21H30F2N2O3S/c1-2-3-5-15-6-4-7-19(15)24-21(26)16-10-12-25(13-11-16)29(27,28)20-14-17(22)8-9-18(20)23/h8-9,14-16,19H,2-7,10-13H2,1H3,(H,24,26). The maximum absolute atomic E-state index is 13.9. The molecule has 5 nitrogen and oxygen atoms in total. The molecule has 8 heteroatoms. The summed E-state index contributed by atoms with van der Waals surface area (Å²) < 4.78 is 53.9. The molecular formula is C21H30F2N2O3S. The Morgan fingerprint density at radius 3 is 2.59 bits per heavy atom. The molecule has 3 rings (SSSR count). The molecule has 1 aliphatic heterocycles. The molecule has 162 valence electrons. The normalized spacial score (nSPS) is 24.0. The monoisotopic (exact) mass is 428 g/mol. The van der Waals surface area contributed by atoms with Gasteiger partial charge in [-0.15, -0.1) is 0 Å². The highest BCUT2D eigenvalue weighted by atomic mass is 32.2. The highest BCUT2D eigenvalue weighted by Gasteiger charge is 2.35. The number of nitrogens with zero attached hydrogens (tertiary/aromatic N) is 1. The van der Waals surface area contributed by atoms with Gasteiger partial charge < -0.3 is 5.32 Å². The van der Waals surface area contributed by atoms with E-state index in [-0.39, 0.29) is 31.0 Å². The number of halogens is 2. The summed E-state index contributed by atoms with van der Waals surface area (Å²) in [6.45, 7) is 2.42. The lowest BCUT2D eigenvalue weighted by Crippen LogP contribution is -2.46. The lowest BCUT2D eigenvalue weighted by molar-refractivity contribution is -0.127. The third kappa shape index (κ3) is 5.15. The number of sulfonamides is 1. The topological polar surface area (TPSA) is 66.5 Å². The zero-order valence-corrected chi connectivity index (χ0v) is 17.7. The average Bonchev–Trinajstić information content (AvgIpc) is 3.15. The number of hydrogen-bond acceptors (Lipinski definition) is 3. The number of nitrogens with one attached hydrogen (secondary N) is 1. The Hall–Kier alpha value is -1.54. The molecule has 0 aromatic heterocycles. The van der Waals surface area contributed by atoms with Gasteiger partial charge in [0, 0.05) is 25.0 Å². The number of rotatable bonds is 7. The van der Waals surface area contributed by atoms with Crippen LogP contribution in [0, 0.1) is 23.5 Å². The summed E-state index contributed by atoms with van der Waals surface area (Å²) in [5, 5.41) is 3.19. The van der Waals surface area contributed by atoms with E-state index in [9.17, 15) is 22.0 Å². The zero-order valence-electron chi connectivity index (χ0n) is 16.9. The average molecular weight is 429 g/mol. The number of piperidine rings is 1. The Labute approximate surface area is 171 Å². The largest absolute Gasteiger partial charge is 0.353 e. The molecule has 1 aromatic carbocycles. The maximum Gasteiger partial charge on any atom is 0.246 e. The quantitative estimate of drug-likeness (QED) is 0.718. The molecule has 0 radical (unpaired) electrons. The Bertz CT molecular complexity index is 823. The van der Waals surface area contributed by atoms with Crippen LogP contribution >= 0.6 is 0 Å². The van der Waals surface area contributed by atoms with Crippen molar-refractivity contribution in [2.24, 2.45) is 11.8 Å². The van der Waals surface area contributed by atoms with Crippen LogP contribution in [0.5, 0.6) is 0 Å². The molecule has 1 heterocycles. The number of carbonyl (C=O) groups is 1. The Kier molecular flexibility index (Phi) is 7.27. The van der Waals surface area contributed by atoms with Crippen molar-refractivity contribution in [3.05, 3.63) is 29.8 Å². The van der Waals surface area contributed by atoms with Crippen LogP contribution in [0.2, 0.25) is 0 Å². The highest BCUT2D eigenvalue weighted by molar-refractivity contribution is 7.89. The van der Waals surface area contributed by atoms with Crippen LogP contribution in [0.15, 0.2) is 23.1 Å². The highest BCUT2D eigenvalue weighted by Crippen LogP contribution is 2.31. The van der Waals surface area contributed by atoms with Gasteiger partial charge in [0.25, 0.3) is 0 Å². The van der Waals surface area contributed by atoms with Crippen LogP contribution in [0.3, 0.4) is 0 Å². The predicted octanol–water partition coefficient (Wildman–Crippen LogP) is 3.84. The van der Waals surface area contributed by atoms with E-state index in [1.54, 1.807) is 0 Å². The fourth-order valence-corrected chi connectivity index (χ4v) is 6.06. The van der Waals surface area contributed by atoms with Crippen molar-refractivity contribution < 1.29 is 22.0 Å². The summed E-state index contributed by atoms with van der Waals surface area (Å²) in [6, 6.07) is 2.64. The summed E-state index contributed by atoms with van der Waals surface area (Å²) in [7, 11) is -4.12. The first kappa shape index (κ1) is 22.2. The van der Waals surface area contributed by atoms with Gasteiger partial charge in [0.2, 0.25) is 15.9 Å². The summed E-state index contributed by atoms with van der Waals surface area (Å²) in [5.74, 6) is -1.48. The molecular weight excluding hydrogens is 398 g/mol. The SMILES string of the molecule is CCCCC1CCCC1NC(=O)C1CCN(S(=O)(=O)c2cc(F)ccc2F)CC1. The number of hydrogen-bond donors (Lipinski definition) is 1. The van der Waals surface area contributed by atoms with Gasteiger partial charge in [-0.1, -0.05) is 26.2 Å². The van der Waals surface area contributed by atoms with Crippen molar-refractivity contribution in [3.8, 4) is 0 Å². The minimum absolute atomic E-state index is 0.00705. The second-order valence-electron chi connectivity index (χ2n) is 8.20. The molecule has 29 heavy (non-hydrogen) atoms. The van der Waals surface area contributed by atoms with Crippen molar-refractivity contribution in [2.45, 2.75) is 69.2 Å². The van der Waals surface area contributed by atoms with Crippen molar-refractivity contribution >= 4 is 15.9 Å². The summed E-state index contributed by atoms with van der Waals surface area (Å²) in [4.78, 5) is 12.1. The molecule has 1 aliphatic carbocycles. The van der Waals surface area contributed by atoms with Gasteiger partial charge in [-0.25, -0.2) is 17.2 Å². The van der Waals surface area contributed by atoms with Crippen LogP contribution in [-0.4, -0.2) is 37.8 Å². The van der Waals surface area contributed by atoms with Crippen molar-refractivity contribution in [1.29, 1.82) is 0 Å². The lowest BCUT2D eigenvalue weighted by atomic mass is 9.94. The van der Waals surface area contributed by atoms with E-state index in [2.05, 4.69) is 12.2 Å². The molecule has 2 unspecified atom stereocenters. The van der Waals surface area contributed by atoms with Crippen LogP contribution < -0.4 is 5.32 Å². The fourth-order valence-electron chi connectivity index (χ4n) is 4.51. The molecule has 0 bridgehead atoms. The van der Waals surface area contributed by atoms with Crippen LogP contribution in [0.4, 0.5) is 8.78 Å². The number of benzene rings is 1. The zero-order chi connectivity index (χ0) is 21.0. The lowest BCUT2D eigenvalue weighted by Gasteiger charge is -2.32. The molecule has 1 N–H and O–H groups in total. The van der Waals surface area contributed by atoms with Crippen molar-refractivity contribution in [1.82, 2.24) is 9.62 Å². The van der Waals surface area contributed by atoms with Crippen molar-refractivity contribution in [3.63, 3.8) is 0 Å². The molecule has 1 amide bonds. The van der Waals surface area contributed by atoms with Gasteiger partial charge in [-0.3, -0.25) is 4.79 Å². The van der Waals surface area contributed by atoms with E-state index in [4.69, 9.17) is 0 Å². The first-order valence-electron chi connectivity index (χ1n) is 10.6. The summed E-state index contributed by atoms with van der Waals surface area (Å²) >= 11 is 0. The molecule has 2 aliphatic rings. The fraction of sp³-hybridized carbons (Fsp3) is 0.667. The molecule has 0 spiro atoms. The number of carbonyl (C=O) groups excluding carboxylic acids is 1. The van der Waals surface area contributed by atoms with Gasteiger partial charge in [0.1, 0.15) is 16.5 Å². The molecule has 2 fully saturated rings. The Morgan fingerprint density at radius 1 is 1.17 bits per heavy atom. The maximum atomic E-state index is 13.9. The second-order valence-corrected chi connectivity index (χ2v) is 10.1. The van der Waals surface area contributed by atoms with Crippen molar-refractivity contribution in [2.75, 3.05) is 13.1 Å². The van der Waals surface area contributed by atoms with Gasteiger partial charge in [-0.05, 0) is 56.2 Å². The minimum atomic E-state index is -4.12. The van der Waals surface area contributed by atoms with Gasteiger partial charge >= 0.3 is 0 Å². The Morgan fingerprint density at radius 2 is 1.90 bits per heavy atom. The smallest absolute Gasteiger partial charge is 0.246 e. The van der Waals surface area contributed by atoms with Crippen LogP contribution in [0.1, 0.15) is 58.3 Å². The molecule has 1 saturated heterocycles. The Balaban J connectivity index is 1.57. The van der Waals surface area contributed by atoms with Crippen LogP contribution in [0.25, 0.3) is 0 Å². The van der Waals surface area contributed by atoms with E-state index in [0.29, 0.717) is 24.8 Å². The first-order valence-corrected chi connectivity index (χ1v) is 12.0. The molecule has 2 atom stereocenters. The van der Waals surface area contributed by atoms with Gasteiger partial charge in [0.05, 0.1) is 0 Å². The van der Waals surface area contributed by atoms with Gasteiger partial charge in [0.15, 0.2) is 0 Å². The van der Waals surface area contributed by atoms with Gasteiger partial charge in [-0.2, -0.15) is 4.31 Å². The third-order valence-corrected chi connectivity index (χ3v) is 8.16. The van der Waals surface area contributed by atoms with E-state index in [1.165, 1.54) is 6.42 Å². The van der Waals surface area contributed by atoms with E-state index in [1.807, 2.05) is 0 Å². The number of unbranched alkanes of at least 4 members (excludes halogenated alkanes) is 1. The first-order chi connectivity index (χ1) is 13.8. The predicted molar refractivity (Wildman–Crippen MR) is 107 cm³/mol. The minimum Gasteiger partial charge on any atom is -0.353 e. The van der Waals surface area contributed by atoms with E-state index >= 15 is 0 Å². The second kappa shape index (κ2) is 9.51. The van der Waals surface area contributed by atoms with Crippen LogP contribution in [-0.2, 0) is 14.8 Å². The third-order valence-electron chi connectivity index (χ3n) is 6.25. The van der Waals surface area contributed by atoms with E-state index in [0.717, 1.165) is 48.5 Å². The summed E-state index contributed by atoms with van der Waals surface area (Å²) in [5.41, 5.74) is 0. The summed E-state index contributed by atoms with van der Waals surface area (Å²) in [6.07, 6.45) is 7.52. The molecule has 1 saturated carbocycles.